The zero-order valence-corrected chi connectivity index (χ0v) is 68.8. The van der Waals surface area contributed by atoms with Crippen molar-refractivity contribution in [3.63, 3.8) is 0 Å². The second kappa shape index (κ2) is 32.7. The number of nitrogen functional groups attached to an aromatic ring is 3. The van der Waals surface area contributed by atoms with Gasteiger partial charge in [-0.1, -0.05) is 170 Å². The summed E-state index contributed by atoms with van der Waals surface area (Å²) in [6.07, 6.45) is 19.7. The monoisotopic (exact) mass is 1630 g/mol. The number of nitrogens with two attached hydrogens (primary N) is 3. The predicted molar refractivity (Wildman–Crippen MR) is 484 cm³/mol. The van der Waals surface area contributed by atoms with Gasteiger partial charge in [0.2, 0.25) is 0 Å². The lowest BCUT2D eigenvalue weighted by atomic mass is 9.77. The maximum Gasteiger partial charge on any atom is 0.150 e. The van der Waals surface area contributed by atoms with E-state index in [0.29, 0.717) is 53.3 Å². The van der Waals surface area contributed by atoms with Gasteiger partial charge in [0.15, 0.2) is 0 Å². The van der Waals surface area contributed by atoms with Crippen LogP contribution < -0.4 is 17.2 Å². The minimum absolute atomic E-state index is 0.0634. The molecule has 0 spiro atoms. The number of imidazole rings is 3. The van der Waals surface area contributed by atoms with Gasteiger partial charge in [0.25, 0.3) is 0 Å². The molecule has 17 aromatic rings. The Hall–Kier alpha value is -13.1. The molecule has 0 bridgehead atoms. The maximum absolute atomic E-state index is 13.8. The summed E-state index contributed by atoms with van der Waals surface area (Å²) in [5.41, 5.74) is 38.5. The molecule has 9 aromatic heterocycles. The summed E-state index contributed by atoms with van der Waals surface area (Å²) in [5.74, 6) is 5.28. The number of hydrogen-bond donors (Lipinski definition) is 3. The SMILES string of the molecule is C[C@@H]1CN(C2CC(c3nc(-c4ccc5ccc(-c6ccccc6)nc5c4)c4c(N)nccn34)C2)C[C@H](C)O1.Nc1nccn2c(C3CC(N4CCC4)C3)nc(-c3ccc4ccc(-c5ccccc5)nc4c3)c12.Nc1nccn2c(C3CC(N4CCN(C(c5ccc(F)cc5)c5ccc(F)cc5)CC4)C3)nc(-c3ccc4ccc(-c5ccccc5)nc4c3)c12. The van der Waals surface area contributed by atoms with Gasteiger partial charge in [-0.05, 0) is 144 Å². The summed E-state index contributed by atoms with van der Waals surface area (Å²) < 4.78 is 40.0. The Labute approximate surface area is 711 Å². The Morgan fingerprint density at radius 2 is 0.675 bits per heavy atom. The number of benzene rings is 8. The average molecular weight is 1630 g/mol. The van der Waals surface area contributed by atoms with Crippen LogP contribution in [0.2, 0.25) is 0 Å². The first-order valence-electron chi connectivity index (χ1n) is 43.2. The molecule has 8 aromatic carbocycles. The van der Waals surface area contributed by atoms with Gasteiger partial charge in [0, 0.05) is 162 Å². The zero-order chi connectivity index (χ0) is 82.9. The number of piperazine rings is 1. The normalized spacial score (nSPS) is 20.7. The summed E-state index contributed by atoms with van der Waals surface area (Å²) in [7, 11) is 0. The first-order valence-corrected chi connectivity index (χ1v) is 43.2. The Bertz CT molecular complexity index is 6680. The van der Waals surface area contributed by atoms with Crippen LogP contribution in [0, 0.1) is 11.6 Å². The van der Waals surface area contributed by atoms with Crippen molar-refractivity contribution >= 4 is 66.7 Å². The molecule has 0 radical (unpaired) electrons. The molecule has 22 heteroatoms. The van der Waals surface area contributed by atoms with E-state index in [9.17, 15) is 8.78 Å². The number of halogens is 2. The van der Waals surface area contributed by atoms with E-state index in [0.717, 1.165) is 210 Å². The highest BCUT2D eigenvalue weighted by atomic mass is 19.1. The molecule has 12 heterocycles. The first kappa shape index (κ1) is 77.2. The maximum atomic E-state index is 13.8. The average Bonchev–Trinajstić information content (AvgIpc) is 1.62. The molecule has 614 valence electrons. The highest BCUT2D eigenvalue weighted by molar-refractivity contribution is 5.95. The van der Waals surface area contributed by atoms with E-state index in [4.69, 9.17) is 51.8 Å². The van der Waals surface area contributed by atoms with Gasteiger partial charge in [-0.3, -0.25) is 27.9 Å². The minimum Gasteiger partial charge on any atom is -0.382 e. The summed E-state index contributed by atoms with van der Waals surface area (Å²) in [6, 6.07) is 77.4. The summed E-state index contributed by atoms with van der Waals surface area (Å²) >= 11 is 0. The molecule has 0 unspecified atom stereocenters. The van der Waals surface area contributed by atoms with Gasteiger partial charge in [0.05, 0.1) is 51.9 Å². The molecule has 2 atom stereocenters. The van der Waals surface area contributed by atoms with Crippen LogP contribution in [0.15, 0.2) is 268 Å². The Kier molecular flexibility index (Phi) is 20.5. The molecule has 123 heavy (non-hydrogen) atoms. The molecule has 6 fully saturated rings. The lowest BCUT2D eigenvalue weighted by Crippen LogP contribution is -2.54. The fourth-order valence-corrected chi connectivity index (χ4v) is 19.6. The van der Waals surface area contributed by atoms with E-state index in [1.807, 2.05) is 97.5 Å². The number of nitrogens with zero attached hydrogens (tertiary/aromatic N) is 16. The van der Waals surface area contributed by atoms with Crippen LogP contribution >= 0.6 is 0 Å². The second-order valence-corrected chi connectivity index (χ2v) is 34.1. The van der Waals surface area contributed by atoms with Gasteiger partial charge < -0.3 is 26.8 Å². The van der Waals surface area contributed by atoms with Crippen molar-refractivity contribution in [1.29, 1.82) is 0 Å². The lowest BCUT2D eigenvalue weighted by molar-refractivity contribution is -0.0920. The topological polar surface area (TPSA) is 229 Å². The van der Waals surface area contributed by atoms with E-state index >= 15 is 0 Å². The lowest BCUT2D eigenvalue weighted by Gasteiger charge is -2.47. The van der Waals surface area contributed by atoms with Gasteiger partial charge in [-0.25, -0.2) is 53.6 Å². The van der Waals surface area contributed by atoms with E-state index in [1.165, 1.54) is 56.6 Å². The van der Waals surface area contributed by atoms with Gasteiger partial charge in [-0.15, -0.1) is 0 Å². The van der Waals surface area contributed by atoms with Crippen molar-refractivity contribution in [2.75, 3.05) is 69.6 Å². The molecular weight excluding hydrogens is 1530 g/mol. The fourth-order valence-electron chi connectivity index (χ4n) is 19.6. The summed E-state index contributed by atoms with van der Waals surface area (Å²) in [4.78, 5) is 54.0. The molecule has 3 aliphatic carbocycles. The van der Waals surface area contributed by atoms with Crippen molar-refractivity contribution in [1.82, 2.24) is 77.7 Å². The van der Waals surface area contributed by atoms with Crippen LogP contribution in [0.3, 0.4) is 0 Å². The minimum atomic E-state index is -0.260. The van der Waals surface area contributed by atoms with Crippen LogP contribution in [-0.4, -0.2) is 160 Å². The van der Waals surface area contributed by atoms with Crippen LogP contribution in [0.4, 0.5) is 26.2 Å². The highest BCUT2D eigenvalue weighted by Gasteiger charge is 2.43. The number of morpholine rings is 1. The number of fused-ring (bicyclic) bond motifs is 6. The van der Waals surface area contributed by atoms with Crippen LogP contribution in [0.1, 0.15) is 111 Å². The number of ether oxygens (including phenoxy) is 1. The van der Waals surface area contributed by atoms with E-state index < -0.39 is 0 Å². The molecule has 6 N–H and O–H groups in total. The van der Waals surface area contributed by atoms with Crippen molar-refractivity contribution < 1.29 is 13.5 Å². The standard InChI is InChI=1S/C42H37F2N7.C31H32N6O.C28H26N6/c43-33-13-8-29(9-14-33)39(30-10-15-34(44)16-11-30)50-22-20-49(21-23-50)35-24-32(25-35)42-48-38(40-41(45)46-18-19-51(40)42)31-7-6-28-12-17-36(47-37(28)26-31)27-4-2-1-3-5-27;1-19-17-36(18-20(2)38-19)25-14-24(15-25)31-35-28(29-30(32)33-12-13-37(29)31)23-9-8-22-10-11-26(34-27(22)16-23)21-6-4-3-5-7-21;29-27-26-25(32-28(34(26)14-11-30-27)21-15-22(16-21)33-12-4-13-33)20-8-7-19-9-10-23(31-24(19)17-20)18-5-2-1-3-6-18/h1-19,26,32,35,39H,20-25H2,(H2,45,46);3-13,16,19-20,24-25H,14-15,17-18H2,1-2H3,(H2,32,33);1-3,5-11,14,17,21-22H,4,12-13,15-16H2,(H2,29,30)/t;19-,20+,24?,25?;. The van der Waals surface area contributed by atoms with Gasteiger partial charge in [-0.2, -0.15) is 0 Å². The Balaban J connectivity index is 0.000000116. The zero-order valence-electron chi connectivity index (χ0n) is 68.8. The number of rotatable bonds is 15. The van der Waals surface area contributed by atoms with Crippen LogP contribution in [0.25, 0.3) is 117 Å². The molecule has 6 aliphatic rings. The number of aromatic nitrogens is 12. The van der Waals surface area contributed by atoms with Crippen LogP contribution in [-0.2, 0) is 4.74 Å². The number of likely N-dealkylation sites (tertiary alicyclic amines) is 1. The van der Waals surface area contributed by atoms with Crippen molar-refractivity contribution in [3.8, 4) is 67.5 Å². The van der Waals surface area contributed by atoms with E-state index in [2.05, 4.69) is 189 Å². The molecule has 23 rings (SSSR count). The Morgan fingerprint density at radius 1 is 0.350 bits per heavy atom. The van der Waals surface area contributed by atoms with Crippen molar-refractivity contribution in [2.45, 2.75) is 113 Å². The Morgan fingerprint density at radius 3 is 1.01 bits per heavy atom. The van der Waals surface area contributed by atoms with Crippen LogP contribution in [0.5, 0.6) is 0 Å². The van der Waals surface area contributed by atoms with Crippen molar-refractivity contribution in [2.24, 2.45) is 0 Å². The molecule has 20 nitrogen and oxygen atoms in total. The third kappa shape index (κ3) is 15.1. The fraction of sp³-hybridized carbons (Fsp3) is 0.257. The smallest absolute Gasteiger partial charge is 0.150 e. The van der Waals surface area contributed by atoms with Crippen molar-refractivity contribution in [3.05, 3.63) is 308 Å². The molecular formula is C101H95F2N19O. The largest absolute Gasteiger partial charge is 0.382 e. The summed E-state index contributed by atoms with van der Waals surface area (Å²) in [6.45, 7) is 12.4. The molecule has 3 aliphatic heterocycles. The molecule has 0 amide bonds. The quantitative estimate of drug-likeness (QED) is 0.0866. The third-order valence-electron chi connectivity index (χ3n) is 26.3. The first-order chi connectivity index (χ1) is 60.3. The highest BCUT2D eigenvalue weighted by Crippen LogP contribution is 2.47. The van der Waals surface area contributed by atoms with Gasteiger partial charge >= 0.3 is 0 Å². The predicted octanol–water partition coefficient (Wildman–Crippen LogP) is 18.8. The van der Waals surface area contributed by atoms with E-state index in [-0.39, 0.29) is 29.9 Å². The number of pyridine rings is 3. The number of anilines is 3. The summed E-state index contributed by atoms with van der Waals surface area (Å²) in [5, 5.41) is 3.27. The molecule has 3 saturated heterocycles. The number of hydrogen-bond acceptors (Lipinski definition) is 17. The molecule has 3 saturated carbocycles. The van der Waals surface area contributed by atoms with Gasteiger partial charge in [0.1, 0.15) is 80.2 Å². The second-order valence-electron chi connectivity index (χ2n) is 34.1. The van der Waals surface area contributed by atoms with E-state index in [1.54, 1.807) is 18.6 Å². The third-order valence-corrected chi connectivity index (χ3v) is 26.3.